The van der Waals surface area contributed by atoms with Gasteiger partial charge in [-0.3, -0.25) is 0 Å². The predicted octanol–water partition coefficient (Wildman–Crippen LogP) is 3.57. The number of anilines is 2. The smallest absolute Gasteiger partial charge is 0.227 e. The Kier molecular flexibility index (Phi) is 8.31. The molecule has 1 aromatic carbocycles. The van der Waals surface area contributed by atoms with Crippen LogP contribution in [0, 0.1) is 5.92 Å². The topological polar surface area (TPSA) is 97.1 Å². The van der Waals surface area contributed by atoms with Gasteiger partial charge in [0.2, 0.25) is 5.95 Å². The van der Waals surface area contributed by atoms with Crippen molar-refractivity contribution in [2.75, 3.05) is 24.4 Å². The normalized spacial score (nSPS) is 12.1. The lowest BCUT2D eigenvalue weighted by Crippen LogP contribution is -2.30. The van der Waals surface area contributed by atoms with Crippen LogP contribution in [-0.2, 0) is 6.54 Å². The molecule has 0 amide bonds. The molecule has 1 atom stereocenters. The molecule has 0 aliphatic rings. The summed E-state index contributed by atoms with van der Waals surface area (Å²) in [7, 11) is 1.65. The number of hydrogen-bond donors (Lipinski definition) is 3. The van der Waals surface area contributed by atoms with Crippen LogP contribution in [-0.4, -0.2) is 44.4 Å². The third-order valence-corrected chi connectivity index (χ3v) is 4.91. The first-order valence-corrected chi connectivity index (χ1v) is 9.91. The molecule has 9 heteroatoms. The van der Waals surface area contributed by atoms with Crippen LogP contribution in [0.4, 0.5) is 11.8 Å². The summed E-state index contributed by atoms with van der Waals surface area (Å²) in [5.41, 5.74) is 2.59. The Morgan fingerprint density at radius 2 is 1.80 bits per heavy atom. The first-order valence-electron chi connectivity index (χ1n) is 9.91. The lowest BCUT2D eigenvalue weighted by molar-refractivity contribution is 0.248. The Balaban J connectivity index is 0.00000320. The fourth-order valence-electron chi connectivity index (χ4n) is 3.00. The molecule has 0 radical (unpaired) electrons. The van der Waals surface area contributed by atoms with Crippen LogP contribution >= 0.6 is 13.5 Å². The molecule has 3 N–H and O–H groups in total. The van der Waals surface area contributed by atoms with Crippen molar-refractivity contribution in [3.8, 4) is 5.75 Å². The monoisotopic (exact) mass is 432 g/mol. The van der Waals surface area contributed by atoms with E-state index >= 15 is 0 Å². The second kappa shape index (κ2) is 10.5. The summed E-state index contributed by atoms with van der Waals surface area (Å²) in [5.74, 6) is 2.20. The molecule has 1 unspecified atom stereocenters. The van der Waals surface area contributed by atoms with Gasteiger partial charge < -0.3 is 25.0 Å². The van der Waals surface area contributed by atoms with Crippen molar-refractivity contribution in [3.05, 3.63) is 36.2 Å². The van der Waals surface area contributed by atoms with Crippen molar-refractivity contribution in [2.24, 2.45) is 5.92 Å². The van der Waals surface area contributed by atoms with E-state index in [4.69, 9.17) is 4.74 Å². The lowest BCUT2D eigenvalue weighted by Gasteiger charge is -2.20. The van der Waals surface area contributed by atoms with Gasteiger partial charge in [0.05, 0.1) is 26.1 Å². The van der Waals surface area contributed by atoms with Crippen LogP contribution in [0.2, 0.25) is 0 Å². The number of methoxy groups -OCH3 is 1. The van der Waals surface area contributed by atoms with Gasteiger partial charge >= 0.3 is 0 Å². The number of nitrogens with zero attached hydrogens (tertiary/aromatic N) is 4. The number of rotatable bonds is 9. The summed E-state index contributed by atoms with van der Waals surface area (Å²) >= 11 is 0. The van der Waals surface area contributed by atoms with Crippen LogP contribution in [0.15, 0.2) is 30.6 Å². The molecule has 0 fully saturated rings. The van der Waals surface area contributed by atoms with E-state index in [-0.39, 0.29) is 38.1 Å². The second-order valence-electron chi connectivity index (χ2n) is 7.69. The van der Waals surface area contributed by atoms with Crippen LogP contribution in [0.1, 0.15) is 39.3 Å². The molecule has 164 valence electrons. The van der Waals surface area contributed by atoms with Crippen LogP contribution < -0.4 is 15.4 Å². The maximum Gasteiger partial charge on any atom is 0.227 e. The highest BCUT2D eigenvalue weighted by Gasteiger charge is 2.18. The number of ether oxygens (including phenoxy) is 1. The summed E-state index contributed by atoms with van der Waals surface area (Å²) in [6, 6.07) is 7.98. The highest BCUT2D eigenvalue weighted by molar-refractivity contribution is 7.59. The summed E-state index contributed by atoms with van der Waals surface area (Å²) in [6.07, 6.45) is 1.79. The van der Waals surface area contributed by atoms with Crippen molar-refractivity contribution in [3.63, 3.8) is 0 Å². The first kappa shape index (κ1) is 23.8. The van der Waals surface area contributed by atoms with E-state index in [0.29, 0.717) is 18.3 Å². The predicted molar refractivity (Wildman–Crippen MR) is 126 cm³/mol. The molecule has 0 aliphatic carbocycles. The summed E-state index contributed by atoms with van der Waals surface area (Å²) in [6.45, 7) is 8.88. The number of benzene rings is 1. The van der Waals surface area contributed by atoms with E-state index < -0.39 is 0 Å². The number of hydrogen-bond acceptors (Lipinski definition) is 7. The van der Waals surface area contributed by atoms with Crippen molar-refractivity contribution in [2.45, 2.75) is 46.3 Å². The van der Waals surface area contributed by atoms with E-state index in [1.54, 1.807) is 13.4 Å². The maximum atomic E-state index is 9.68. The fraction of sp³-hybridized carbons (Fsp3) is 0.476. The molecule has 3 rings (SSSR count). The Morgan fingerprint density at radius 1 is 1.10 bits per heavy atom. The van der Waals surface area contributed by atoms with Gasteiger partial charge in [-0.15, -0.1) is 0 Å². The van der Waals surface area contributed by atoms with E-state index in [1.165, 1.54) is 0 Å². The third kappa shape index (κ3) is 5.34. The Morgan fingerprint density at radius 3 is 2.37 bits per heavy atom. The third-order valence-electron chi connectivity index (χ3n) is 4.91. The molecule has 30 heavy (non-hydrogen) atoms. The minimum absolute atomic E-state index is 0. The standard InChI is InChI=1S/C21H30N6O2.H2S/c1-13(2)17(11-28)24-21-25-19(18-20(26-21)27(12-23-18)14(3)4)22-10-15-6-8-16(29-5)9-7-15;/h6-9,12-14,17,28H,10-11H2,1-5H3,(H2,22,24,25,26);1H2. The average Bonchev–Trinajstić information content (AvgIpc) is 3.14. The number of imidazole rings is 1. The molecule has 2 heterocycles. The van der Waals surface area contributed by atoms with Crippen LogP contribution in [0.25, 0.3) is 11.2 Å². The number of aromatic nitrogens is 4. The SMILES string of the molecule is COc1ccc(CNc2nc(NC(CO)C(C)C)nc3c2ncn3C(C)C)cc1.S. The van der Waals surface area contributed by atoms with Gasteiger partial charge in [-0.05, 0) is 37.5 Å². The van der Waals surface area contributed by atoms with Crippen LogP contribution in [0.3, 0.4) is 0 Å². The molecule has 2 aromatic heterocycles. The maximum absolute atomic E-state index is 9.68. The van der Waals surface area contributed by atoms with Gasteiger partial charge in [-0.25, -0.2) is 4.98 Å². The highest BCUT2D eigenvalue weighted by atomic mass is 32.1. The summed E-state index contributed by atoms with van der Waals surface area (Å²) in [4.78, 5) is 13.9. The molecule has 0 saturated carbocycles. The minimum atomic E-state index is -0.127. The lowest BCUT2D eigenvalue weighted by atomic mass is 10.1. The van der Waals surface area contributed by atoms with Gasteiger partial charge in [0, 0.05) is 12.6 Å². The molecule has 8 nitrogen and oxygen atoms in total. The number of fused-ring (bicyclic) bond motifs is 1. The number of aliphatic hydroxyl groups is 1. The van der Waals surface area contributed by atoms with E-state index in [1.807, 2.05) is 42.7 Å². The minimum Gasteiger partial charge on any atom is -0.497 e. The second-order valence-corrected chi connectivity index (χ2v) is 7.69. The fourth-order valence-corrected chi connectivity index (χ4v) is 3.00. The van der Waals surface area contributed by atoms with E-state index in [9.17, 15) is 5.11 Å². The molecule has 0 spiro atoms. The van der Waals surface area contributed by atoms with Gasteiger partial charge in [-0.1, -0.05) is 26.0 Å². The number of aliphatic hydroxyl groups excluding tert-OH is 1. The molecule has 0 saturated heterocycles. The summed E-state index contributed by atoms with van der Waals surface area (Å²) in [5, 5.41) is 16.3. The Bertz CT molecular complexity index is 943. The van der Waals surface area contributed by atoms with E-state index in [2.05, 4.69) is 39.4 Å². The zero-order valence-electron chi connectivity index (χ0n) is 18.2. The van der Waals surface area contributed by atoms with Crippen molar-refractivity contribution in [1.82, 2.24) is 19.5 Å². The zero-order chi connectivity index (χ0) is 21.0. The average molecular weight is 433 g/mol. The zero-order valence-corrected chi connectivity index (χ0v) is 19.2. The molecule has 0 aliphatic heterocycles. The van der Waals surface area contributed by atoms with Crippen LogP contribution in [0.5, 0.6) is 5.75 Å². The molecule has 0 bridgehead atoms. The Labute approximate surface area is 184 Å². The first-order chi connectivity index (χ1) is 13.9. The van der Waals surface area contributed by atoms with Gasteiger partial charge in [0.15, 0.2) is 17.0 Å². The molecular formula is C21H32N6O2S. The summed E-state index contributed by atoms with van der Waals surface area (Å²) < 4.78 is 7.23. The van der Waals surface area contributed by atoms with Gasteiger partial charge in [-0.2, -0.15) is 23.5 Å². The van der Waals surface area contributed by atoms with E-state index in [0.717, 1.165) is 22.5 Å². The molecule has 3 aromatic rings. The van der Waals surface area contributed by atoms with Gasteiger partial charge in [0.1, 0.15) is 5.75 Å². The highest BCUT2D eigenvalue weighted by Crippen LogP contribution is 2.24. The van der Waals surface area contributed by atoms with Crippen molar-refractivity contribution < 1.29 is 9.84 Å². The van der Waals surface area contributed by atoms with Crippen molar-refractivity contribution in [1.29, 1.82) is 0 Å². The largest absolute Gasteiger partial charge is 0.497 e. The Hall–Kier alpha value is -2.52. The number of nitrogens with one attached hydrogen (secondary N) is 2. The van der Waals surface area contributed by atoms with Gasteiger partial charge in [0.25, 0.3) is 0 Å². The van der Waals surface area contributed by atoms with Crippen molar-refractivity contribution >= 4 is 36.4 Å². The quantitative estimate of drug-likeness (QED) is 0.475. The molecular weight excluding hydrogens is 400 g/mol.